The summed E-state index contributed by atoms with van der Waals surface area (Å²) in [5.41, 5.74) is -0.161. The first kappa shape index (κ1) is 18.8. The minimum atomic E-state index is -3.64. The van der Waals surface area contributed by atoms with Crippen LogP contribution in [0.2, 0.25) is 0 Å². The van der Waals surface area contributed by atoms with Crippen molar-refractivity contribution in [2.45, 2.75) is 51.5 Å². The highest BCUT2D eigenvalue weighted by Gasteiger charge is 2.29. The van der Waals surface area contributed by atoms with Crippen LogP contribution in [0.25, 0.3) is 0 Å². The van der Waals surface area contributed by atoms with Crippen LogP contribution in [0.15, 0.2) is 23.1 Å². The van der Waals surface area contributed by atoms with Gasteiger partial charge >= 0.3 is 0 Å². The molecule has 1 aromatic carbocycles. The highest BCUT2D eigenvalue weighted by atomic mass is 32.2. The largest absolute Gasteiger partial charge is 0.497 e. The second-order valence-electron chi connectivity index (χ2n) is 6.38. The number of benzene rings is 1. The average molecular weight is 329 g/mol. The second-order valence-corrected chi connectivity index (χ2v) is 8.09. The Labute approximate surface area is 134 Å². The van der Waals surface area contributed by atoms with Crippen molar-refractivity contribution in [2.75, 3.05) is 14.2 Å². The third-order valence-electron chi connectivity index (χ3n) is 3.56. The summed E-state index contributed by atoms with van der Waals surface area (Å²) in [6.45, 7) is 8.13. The third kappa shape index (κ3) is 4.88. The van der Waals surface area contributed by atoms with Crippen molar-refractivity contribution < 1.29 is 17.9 Å². The fourth-order valence-corrected chi connectivity index (χ4v) is 3.67. The van der Waals surface area contributed by atoms with Crippen molar-refractivity contribution in [3.05, 3.63) is 18.2 Å². The summed E-state index contributed by atoms with van der Waals surface area (Å²) in [6.07, 6.45) is 1.69. The van der Waals surface area contributed by atoms with Crippen LogP contribution in [-0.2, 0) is 10.0 Å². The van der Waals surface area contributed by atoms with Gasteiger partial charge in [0.2, 0.25) is 10.0 Å². The van der Waals surface area contributed by atoms with Crippen LogP contribution in [-0.4, -0.2) is 28.7 Å². The Morgan fingerprint density at radius 2 is 1.59 bits per heavy atom. The summed E-state index contributed by atoms with van der Waals surface area (Å²) in [6, 6.07) is 4.50. The Kier molecular flexibility index (Phi) is 6.26. The molecule has 0 fully saturated rings. The molecule has 0 aliphatic heterocycles. The normalized spacial score (nSPS) is 13.7. The molecule has 0 spiro atoms. The Morgan fingerprint density at radius 3 is 1.95 bits per heavy atom. The molecule has 0 radical (unpaired) electrons. The Morgan fingerprint density at radius 1 is 1.09 bits per heavy atom. The number of sulfonamides is 1. The van der Waals surface area contributed by atoms with Crippen LogP contribution in [0, 0.1) is 5.41 Å². The van der Waals surface area contributed by atoms with Gasteiger partial charge in [0.1, 0.15) is 11.5 Å². The van der Waals surface area contributed by atoms with E-state index in [1.165, 1.54) is 26.4 Å². The fraction of sp³-hybridized carbons (Fsp3) is 0.625. The molecule has 6 heteroatoms. The average Bonchev–Trinajstić information content (AvgIpc) is 2.45. The number of methoxy groups -OCH3 is 2. The van der Waals surface area contributed by atoms with E-state index in [1.54, 1.807) is 6.07 Å². The molecule has 0 heterocycles. The van der Waals surface area contributed by atoms with Gasteiger partial charge in [0.05, 0.1) is 19.1 Å². The van der Waals surface area contributed by atoms with Gasteiger partial charge < -0.3 is 9.47 Å². The third-order valence-corrected chi connectivity index (χ3v) is 5.01. The number of hydrogen-bond acceptors (Lipinski definition) is 4. The maximum Gasteiger partial charge on any atom is 0.241 e. The van der Waals surface area contributed by atoms with Crippen LogP contribution in [0.5, 0.6) is 11.5 Å². The highest BCUT2D eigenvalue weighted by Crippen LogP contribution is 2.28. The van der Waals surface area contributed by atoms with Gasteiger partial charge in [-0.25, -0.2) is 13.1 Å². The molecule has 22 heavy (non-hydrogen) atoms. The highest BCUT2D eigenvalue weighted by molar-refractivity contribution is 7.89. The van der Waals surface area contributed by atoms with Gasteiger partial charge in [0, 0.05) is 24.2 Å². The lowest BCUT2D eigenvalue weighted by atomic mass is 9.85. The minimum Gasteiger partial charge on any atom is -0.497 e. The smallest absolute Gasteiger partial charge is 0.241 e. The summed E-state index contributed by atoms with van der Waals surface area (Å²) in [7, 11) is -0.653. The van der Waals surface area contributed by atoms with E-state index in [-0.39, 0.29) is 16.4 Å². The van der Waals surface area contributed by atoms with Crippen LogP contribution in [0.3, 0.4) is 0 Å². The fourth-order valence-electron chi connectivity index (χ4n) is 2.15. The van der Waals surface area contributed by atoms with Crippen LogP contribution in [0.4, 0.5) is 0 Å². The van der Waals surface area contributed by atoms with Gasteiger partial charge in [0.25, 0.3) is 0 Å². The maximum absolute atomic E-state index is 12.7. The first-order valence-electron chi connectivity index (χ1n) is 7.39. The lowest BCUT2D eigenvalue weighted by molar-refractivity contribution is 0.283. The van der Waals surface area contributed by atoms with Crippen LogP contribution in [0.1, 0.15) is 40.5 Å². The Balaban J connectivity index is 3.17. The molecule has 0 amide bonds. The first-order chi connectivity index (χ1) is 10.1. The molecule has 0 saturated carbocycles. The van der Waals surface area contributed by atoms with Gasteiger partial charge in [-0.3, -0.25) is 0 Å². The van der Waals surface area contributed by atoms with E-state index in [2.05, 4.69) is 4.72 Å². The molecule has 0 aliphatic carbocycles. The zero-order chi connectivity index (χ0) is 17.0. The molecule has 126 valence electrons. The maximum atomic E-state index is 12.7. The van der Waals surface area contributed by atoms with Gasteiger partial charge in [-0.1, -0.05) is 34.1 Å². The quantitative estimate of drug-likeness (QED) is 0.834. The number of rotatable bonds is 7. The van der Waals surface area contributed by atoms with E-state index in [9.17, 15) is 8.42 Å². The molecule has 1 aromatic rings. The summed E-state index contributed by atoms with van der Waals surface area (Å²) in [5, 5.41) is 0. The molecule has 0 aliphatic rings. The molecule has 1 unspecified atom stereocenters. The van der Waals surface area contributed by atoms with E-state index >= 15 is 0 Å². The summed E-state index contributed by atoms with van der Waals surface area (Å²) in [5.74, 6) is 0.894. The van der Waals surface area contributed by atoms with Crippen molar-refractivity contribution in [1.29, 1.82) is 0 Å². The first-order valence-corrected chi connectivity index (χ1v) is 8.87. The lowest BCUT2D eigenvalue weighted by Gasteiger charge is -2.31. The Bertz CT molecular complexity index is 568. The summed E-state index contributed by atoms with van der Waals surface area (Å²) < 4.78 is 38.5. The molecule has 0 bridgehead atoms. The number of hydrogen-bond donors (Lipinski definition) is 1. The monoisotopic (exact) mass is 329 g/mol. The van der Waals surface area contributed by atoms with Crippen molar-refractivity contribution in [3.63, 3.8) is 0 Å². The van der Waals surface area contributed by atoms with E-state index < -0.39 is 10.0 Å². The van der Waals surface area contributed by atoms with Gasteiger partial charge in [-0.15, -0.1) is 0 Å². The SMILES string of the molecule is CCCC(NS(=O)(=O)c1cc(OC)cc(OC)c1)C(C)(C)C. The van der Waals surface area contributed by atoms with Crippen molar-refractivity contribution in [2.24, 2.45) is 5.41 Å². The number of nitrogens with one attached hydrogen (secondary N) is 1. The van der Waals surface area contributed by atoms with E-state index in [0.29, 0.717) is 11.5 Å². The predicted molar refractivity (Wildman–Crippen MR) is 88.0 cm³/mol. The van der Waals surface area contributed by atoms with Crippen molar-refractivity contribution in [1.82, 2.24) is 4.72 Å². The van der Waals surface area contributed by atoms with E-state index in [4.69, 9.17) is 9.47 Å². The topological polar surface area (TPSA) is 64.6 Å². The van der Waals surface area contributed by atoms with Crippen molar-refractivity contribution in [3.8, 4) is 11.5 Å². The summed E-state index contributed by atoms with van der Waals surface area (Å²) in [4.78, 5) is 0.147. The molecular weight excluding hydrogens is 302 g/mol. The predicted octanol–water partition coefficient (Wildman–Crippen LogP) is 3.20. The lowest BCUT2D eigenvalue weighted by Crippen LogP contribution is -2.43. The Hall–Kier alpha value is -1.27. The number of ether oxygens (including phenoxy) is 2. The second kappa shape index (κ2) is 7.33. The molecule has 1 atom stereocenters. The van der Waals surface area contributed by atoms with Gasteiger partial charge in [0.15, 0.2) is 0 Å². The van der Waals surface area contributed by atoms with Crippen LogP contribution < -0.4 is 14.2 Å². The van der Waals surface area contributed by atoms with Crippen LogP contribution >= 0.6 is 0 Å². The summed E-state index contributed by atoms with van der Waals surface area (Å²) >= 11 is 0. The molecule has 1 N–H and O–H groups in total. The molecular formula is C16H27NO4S. The zero-order valence-corrected chi connectivity index (χ0v) is 15.1. The van der Waals surface area contributed by atoms with Gasteiger partial charge in [-0.2, -0.15) is 0 Å². The molecule has 0 aromatic heterocycles. The minimum absolute atomic E-state index is 0.139. The zero-order valence-electron chi connectivity index (χ0n) is 14.3. The molecule has 1 rings (SSSR count). The standard InChI is InChI=1S/C16H27NO4S/c1-7-8-15(16(2,3)4)17-22(18,19)14-10-12(20-5)9-13(11-14)21-6/h9-11,15,17H,7-8H2,1-6H3. The van der Waals surface area contributed by atoms with E-state index in [1.807, 2.05) is 27.7 Å². The van der Waals surface area contributed by atoms with Crippen molar-refractivity contribution >= 4 is 10.0 Å². The van der Waals surface area contributed by atoms with E-state index in [0.717, 1.165) is 12.8 Å². The van der Waals surface area contributed by atoms with Gasteiger partial charge in [-0.05, 0) is 11.8 Å². The molecule has 0 saturated heterocycles. The molecule has 5 nitrogen and oxygen atoms in total.